The molecule has 0 atom stereocenters. The highest BCUT2D eigenvalue weighted by atomic mass is 32.2. The summed E-state index contributed by atoms with van der Waals surface area (Å²) < 4.78 is 1.82. The van der Waals surface area contributed by atoms with Gasteiger partial charge in [-0.1, -0.05) is 0 Å². The van der Waals surface area contributed by atoms with Gasteiger partial charge >= 0.3 is 0 Å². The van der Waals surface area contributed by atoms with Gasteiger partial charge in [-0.05, 0) is 18.7 Å². The molecule has 2 rings (SSSR count). The first-order valence-electron chi connectivity index (χ1n) is 4.52. The number of nitrogens with zero attached hydrogens (tertiary/aromatic N) is 5. The predicted octanol–water partition coefficient (Wildman–Crippen LogP) is 0.350. The monoisotopic (exact) mass is 237 g/mol. The number of hydrogen-bond donors (Lipinski definition) is 2. The highest BCUT2D eigenvalue weighted by Crippen LogP contribution is 2.28. The summed E-state index contributed by atoms with van der Waals surface area (Å²) in [6.07, 6.45) is 3.10. The number of aromatic nitrogens is 5. The van der Waals surface area contributed by atoms with Crippen molar-refractivity contribution in [2.24, 2.45) is 12.9 Å². The van der Waals surface area contributed by atoms with Gasteiger partial charge in [-0.25, -0.2) is 15.8 Å². The van der Waals surface area contributed by atoms with Crippen LogP contribution in [-0.2, 0) is 7.05 Å². The number of nitrogens with two attached hydrogens (primary N) is 1. The molecule has 0 bridgehead atoms. The highest BCUT2D eigenvalue weighted by molar-refractivity contribution is 7.99. The summed E-state index contributed by atoms with van der Waals surface area (Å²) in [6, 6.07) is 0. The van der Waals surface area contributed by atoms with Crippen molar-refractivity contribution in [1.29, 1.82) is 0 Å². The third-order valence-electron chi connectivity index (χ3n) is 2.03. The highest BCUT2D eigenvalue weighted by Gasteiger charge is 2.10. The molecule has 16 heavy (non-hydrogen) atoms. The van der Waals surface area contributed by atoms with Crippen molar-refractivity contribution >= 4 is 17.6 Å². The molecule has 2 aromatic heterocycles. The van der Waals surface area contributed by atoms with E-state index in [-0.39, 0.29) is 0 Å². The van der Waals surface area contributed by atoms with E-state index in [9.17, 15) is 0 Å². The van der Waals surface area contributed by atoms with Crippen molar-refractivity contribution in [3.05, 3.63) is 18.2 Å². The Bertz CT molecular complexity index is 495. The average Bonchev–Trinajstić information content (AvgIpc) is 2.68. The second kappa shape index (κ2) is 4.45. The lowest BCUT2D eigenvalue weighted by atomic mass is 10.3. The number of nitrogen functional groups attached to an aromatic ring is 1. The Kier molecular flexibility index (Phi) is 3.02. The Labute approximate surface area is 96.5 Å². The molecule has 0 aliphatic heterocycles. The zero-order valence-corrected chi connectivity index (χ0v) is 9.69. The molecule has 0 unspecified atom stereocenters. The topological polar surface area (TPSA) is 94.5 Å². The van der Waals surface area contributed by atoms with Crippen LogP contribution in [0.5, 0.6) is 0 Å². The fourth-order valence-electron chi connectivity index (χ4n) is 1.13. The van der Waals surface area contributed by atoms with Gasteiger partial charge in [-0.3, -0.25) is 0 Å². The third kappa shape index (κ3) is 1.97. The maximum atomic E-state index is 5.34. The number of rotatable bonds is 3. The molecule has 84 valence electrons. The Hall–Kier alpha value is -1.67. The third-order valence-corrected chi connectivity index (χ3v) is 3.19. The summed E-state index contributed by atoms with van der Waals surface area (Å²) in [6.45, 7) is 1.90. The van der Waals surface area contributed by atoms with Crippen LogP contribution in [0.25, 0.3) is 0 Å². The van der Waals surface area contributed by atoms with Gasteiger partial charge in [0.15, 0.2) is 5.16 Å². The summed E-state index contributed by atoms with van der Waals surface area (Å²) in [5, 5.41) is 9.34. The van der Waals surface area contributed by atoms with E-state index in [1.165, 1.54) is 18.1 Å². The van der Waals surface area contributed by atoms with Crippen LogP contribution in [0.1, 0.15) is 5.56 Å². The fourth-order valence-corrected chi connectivity index (χ4v) is 1.94. The molecule has 0 aliphatic rings. The molecule has 0 spiro atoms. The summed E-state index contributed by atoms with van der Waals surface area (Å²) in [5.74, 6) is 5.95. The Morgan fingerprint density at radius 3 is 2.88 bits per heavy atom. The molecule has 0 aromatic carbocycles. The second-order valence-corrected chi connectivity index (χ2v) is 4.08. The molecule has 8 heteroatoms. The van der Waals surface area contributed by atoms with Crippen LogP contribution >= 0.6 is 11.8 Å². The molecule has 0 fully saturated rings. The second-order valence-electron chi connectivity index (χ2n) is 3.12. The van der Waals surface area contributed by atoms with E-state index in [0.29, 0.717) is 5.82 Å². The maximum Gasteiger partial charge on any atom is 0.197 e. The van der Waals surface area contributed by atoms with E-state index in [1.54, 1.807) is 6.33 Å². The van der Waals surface area contributed by atoms with Gasteiger partial charge in [0.05, 0.1) is 0 Å². The molecule has 3 N–H and O–H groups in total. The van der Waals surface area contributed by atoms with E-state index < -0.39 is 0 Å². The minimum atomic E-state index is 0.611. The molecule has 2 heterocycles. The number of anilines is 1. The molecular weight excluding hydrogens is 226 g/mol. The molecule has 2 aromatic rings. The van der Waals surface area contributed by atoms with Gasteiger partial charge in [-0.15, -0.1) is 10.2 Å². The number of hydrazine groups is 1. The average molecular weight is 237 g/mol. The van der Waals surface area contributed by atoms with Crippen LogP contribution in [0.15, 0.2) is 22.8 Å². The zero-order chi connectivity index (χ0) is 11.5. The van der Waals surface area contributed by atoms with E-state index >= 15 is 0 Å². The smallest absolute Gasteiger partial charge is 0.197 e. The van der Waals surface area contributed by atoms with Crippen molar-refractivity contribution in [3.63, 3.8) is 0 Å². The summed E-state index contributed by atoms with van der Waals surface area (Å²) in [5.41, 5.74) is 3.41. The maximum absolute atomic E-state index is 5.34. The van der Waals surface area contributed by atoms with Gasteiger partial charge < -0.3 is 9.99 Å². The van der Waals surface area contributed by atoms with E-state index in [4.69, 9.17) is 5.84 Å². The van der Waals surface area contributed by atoms with Crippen molar-refractivity contribution in [3.8, 4) is 0 Å². The quantitative estimate of drug-likeness (QED) is 0.452. The first kappa shape index (κ1) is 10.8. The van der Waals surface area contributed by atoms with Crippen molar-refractivity contribution in [1.82, 2.24) is 24.7 Å². The van der Waals surface area contributed by atoms with Gasteiger partial charge in [0, 0.05) is 12.6 Å². The Morgan fingerprint density at radius 1 is 1.44 bits per heavy atom. The molecule has 0 amide bonds. The largest absolute Gasteiger partial charge is 0.311 e. The van der Waals surface area contributed by atoms with Gasteiger partial charge in [0.2, 0.25) is 0 Å². The predicted molar refractivity (Wildman–Crippen MR) is 59.7 cm³/mol. The minimum Gasteiger partial charge on any atom is -0.311 e. The lowest BCUT2D eigenvalue weighted by molar-refractivity contribution is 0.786. The summed E-state index contributed by atoms with van der Waals surface area (Å²) in [7, 11) is 1.88. The zero-order valence-electron chi connectivity index (χ0n) is 8.88. The van der Waals surface area contributed by atoms with Crippen LogP contribution in [0.3, 0.4) is 0 Å². The van der Waals surface area contributed by atoms with E-state index in [0.717, 1.165) is 15.7 Å². The molecule has 0 radical (unpaired) electrons. The standard InChI is InChI=1S/C8H11N7S/c1-5-6(13-9)10-3-11-7(5)16-8-14-12-4-15(8)2/h3-4H,9H2,1-2H3,(H,10,11,13). The van der Waals surface area contributed by atoms with Crippen molar-refractivity contribution in [2.45, 2.75) is 17.1 Å². The lowest BCUT2D eigenvalue weighted by Gasteiger charge is -2.07. The number of aryl methyl sites for hydroxylation is 1. The first-order chi connectivity index (χ1) is 7.72. The first-order valence-corrected chi connectivity index (χ1v) is 5.34. The Balaban J connectivity index is 2.32. The molecular formula is C8H11N7S. The molecule has 0 saturated heterocycles. The van der Waals surface area contributed by atoms with Crippen LogP contribution in [0.2, 0.25) is 0 Å². The SMILES string of the molecule is Cc1c(NN)ncnc1Sc1nncn1C. The van der Waals surface area contributed by atoms with Crippen LogP contribution < -0.4 is 11.3 Å². The molecule has 0 aliphatic carbocycles. The van der Waals surface area contributed by atoms with Crippen LogP contribution in [-0.4, -0.2) is 24.7 Å². The number of nitrogens with one attached hydrogen (secondary N) is 1. The molecule has 7 nitrogen and oxygen atoms in total. The van der Waals surface area contributed by atoms with E-state index in [2.05, 4.69) is 25.6 Å². The van der Waals surface area contributed by atoms with Gasteiger partial charge in [0.1, 0.15) is 23.5 Å². The Morgan fingerprint density at radius 2 is 2.25 bits per heavy atom. The van der Waals surface area contributed by atoms with Crippen molar-refractivity contribution < 1.29 is 0 Å². The van der Waals surface area contributed by atoms with Gasteiger partial charge in [-0.2, -0.15) is 0 Å². The number of hydrogen-bond acceptors (Lipinski definition) is 7. The van der Waals surface area contributed by atoms with Gasteiger partial charge in [0.25, 0.3) is 0 Å². The normalized spacial score (nSPS) is 10.4. The van der Waals surface area contributed by atoms with Crippen LogP contribution in [0.4, 0.5) is 5.82 Å². The van der Waals surface area contributed by atoms with Crippen LogP contribution in [0, 0.1) is 6.92 Å². The molecule has 0 saturated carbocycles. The van der Waals surface area contributed by atoms with E-state index in [1.807, 2.05) is 18.5 Å². The van der Waals surface area contributed by atoms with Crippen molar-refractivity contribution in [2.75, 3.05) is 5.43 Å². The minimum absolute atomic E-state index is 0.611. The summed E-state index contributed by atoms with van der Waals surface area (Å²) in [4.78, 5) is 8.18. The lowest BCUT2D eigenvalue weighted by Crippen LogP contribution is -2.11. The summed E-state index contributed by atoms with van der Waals surface area (Å²) >= 11 is 1.42. The fraction of sp³-hybridized carbons (Fsp3) is 0.250.